The van der Waals surface area contributed by atoms with E-state index in [1.165, 1.54) is 17.0 Å². The number of aryl methyl sites for hydroxylation is 2. The SMILES string of the molecule is Cc1ccc(N(CC(=O)N(Cc2c(Cl)cccc2Cl)[C@H](Cc2ccccc2)C(=O)NC2CCCCC2)S(=O)(=O)c2ccc(C)cc2)cc1. The van der Waals surface area contributed by atoms with Crippen LogP contribution in [0.2, 0.25) is 10.0 Å². The average Bonchev–Trinajstić information content (AvgIpc) is 3.08. The molecule has 48 heavy (non-hydrogen) atoms. The number of halogens is 2. The first kappa shape index (κ1) is 35.5. The smallest absolute Gasteiger partial charge is 0.264 e. The molecule has 0 unspecified atom stereocenters. The lowest BCUT2D eigenvalue weighted by atomic mass is 9.94. The minimum atomic E-state index is -4.20. The number of hydrogen-bond donors (Lipinski definition) is 1. The van der Waals surface area contributed by atoms with Gasteiger partial charge in [0.15, 0.2) is 0 Å². The number of nitrogens with zero attached hydrogens (tertiary/aromatic N) is 2. The van der Waals surface area contributed by atoms with Crippen molar-refractivity contribution in [3.8, 4) is 0 Å². The highest BCUT2D eigenvalue weighted by Gasteiger charge is 2.36. The predicted molar refractivity (Wildman–Crippen MR) is 193 cm³/mol. The topological polar surface area (TPSA) is 86.8 Å². The maximum atomic E-state index is 14.7. The Balaban J connectivity index is 1.59. The molecule has 1 aliphatic rings. The van der Waals surface area contributed by atoms with Gasteiger partial charge in [-0.05, 0) is 68.7 Å². The molecule has 4 aromatic carbocycles. The van der Waals surface area contributed by atoms with Crippen LogP contribution in [0.25, 0.3) is 0 Å². The monoisotopic (exact) mass is 705 g/mol. The summed E-state index contributed by atoms with van der Waals surface area (Å²) in [5.74, 6) is -0.868. The molecule has 252 valence electrons. The van der Waals surface area contributed by atoms with Crippen LogP contribution in [0.5, 0.6) is 0 Å². The van der Waals surface area contributed by atoms with Crippen molar-refractivity contribution in [3.63, 3.8) is 0 Å². The molecule has 7 nitrogen and oxygen atoms in total. The second-order valence-electron chi connectivity index (χ2n) is 12.4. The van der Waals surface area contributed by atoms with Gasteiger partial charge in [0, 0.05) is 34.6 Å². The summed E-state index contributed by atoms with van der Waals surface area (Å²) in [5.41, 5.74) is 3.50. The maximum absolute atomic E-state index is 14.7. The van der Waals surface area contributed by atoms with Crippen molar-refractivity contribution in [1.29, 1.82) is 0 Å². The van der Waals surface area contributed by atoms with E-state index in [9.17, 15) is 18.0 Å². The molecule has 0 aromatic heterocycles. The molecule has 1 N–H and O–H groups in total. The number of amides is 2. The van der Waals surface area contributed by atoms with Gasteiger partial charge in [-0.25, -0.2) is 8.42 Å². The third kappa shape index (κ3) is 8.78. The summed E-state index contributed by atoms with van der Waals surface area (Å²) in [5, 5.41) is 3.90. The molecule has 1 fully saturated rings. The summed E-state index contributed by atoms with van der Waals surface area (Å²) in [6.07, 6.45) is 5.11. The summed E-state index contributed by atoms with van der Waals surface area (Å²) in [6.45, 7) is 3.13. The average molecular weight is 707 g/mol. The lowest BCUT2D eigenvalue weighted by molar-refractivity contribution is -0.140. The molecule has 4 aromatic rings. The summed E-state index contributed by atoms with van der Waals surface area (Å²) < 4.78 is 29.6. The van der Waals surface area contributed by atoms with Gasteiger partial charge in [-0.1, -0.05) is 114 Å². The molecule has 5 rings (SSSR count). The Hall–Kier alpha value is -3.85. The van der Waals surface area contributed by atoms with Crippen molar-refractivity contribution in [1.82, 2.24) is 10.2 Å². The molecule has 0 heterocycles. The van der Waals surface area contributed by atoms with Crippen molar-refractivity contribution in [2.75, 3.05) is 10.8 Å². The number of carbonyl (C=O) groups is 2. The second kappa shape index (κ2) is 16.0. The molecule has 10 heteroatoms. The fraction of sp³-hybridized carbons (Fsp3) is 0.316. The number of hydrogen-bond acceptors (Lipinski definition) is 4. The van der Waals surface area contributed by atoms with Crippen LogP contribution < -0.4 is 9.62 Å². The highest BCUT2D eigenvalue weighted by atomic mass is 35.5. The number of anilines is 1. The van der Waals surface area contributed by atoms with Crippen LogP contribution in [0.3, 0.4) is 0 Å². The van der Waals surface area contributed by atoms with E-state index in [4.69, 9.17) is 23.2 Å². The van der Waals surface area contributed by atoms with E-state index in [2.05, 4.69) is 5.32 Å². The molecular formula is C38H41Cl2N3O4S. The van der Waals surface area contributed by atoms with Gasteiger partial charge in [-0.15, -0.1) is 0 Å². The molecule has 0 radical (unpaired) electrons. The zero-order chi connectivity index (χ0) is 34.3. The lowest BCUT2D eigenvalue weighted by Gasteiger charge is -2.35. The van der Waals surface area contributed by atoms with Gasteiger partial charge >= 0.3 is 0 Å². The zero-order valence-electron chi connectivity index (χ0n) is 27.2. The Morgan fingerprint density at radius 1 is 0.792 bits per heavy atom. The fourth-order valence-corrected chi connectivity index (χ4v) is 7.96. The van der Waals surface area contributed by atoms with Gasteiger partial charge in [-0.2, -0.15) is 0 Å². The van der Waals surface area contributed by atoms with E-state index in [0.29, 0.717) is 21.3 Å². The summed E-state index contributed by atoms with van der Waals surface area (Å²) in [4.78, 5) is 30.5. The lowest BCUT2D eigenvalue weighted by Crippen LogP contribution is -2.55. The first-order valence-electron chi connectivity index (χ1n) is 16.3. The van der Waals surface area contributed by atoms with Crippen LogP contribution in [0, 0.1) is 13.8 Å². The molecule has 0 bridgehead atoms. The summed E-state index contributed by atoms with van der Waals surface area (Å²) >= 11 is 13.3. The largest absolute Gasteiger partial charge is 0.352 e. The van der Waals surface area contributed by atoms with Gasteiger partial charge in [0.25, 0.3) is 10.0 Å². The molecule has 0 spiro atoms. The normalized spacial score (nSPS) is 14.2. The van der Waals surface area contributed by atoms with Crippen molar-refractivity contribution < 1.29 is 18.0 Å². The van der Waals surface area contributed by atoms with E-state index < -0.39 is 28.5 Å². The number of carbonyl (C=O) groups excluding carboxylic acids is 2. The highest BCUT2D eigenvalue weighted by molar-refractivity contribution is 7.92. The molecule has 2 amide bonds. The minimum Gasteiger partial charge on any atom is -0.352 e. The zero-order valence-corrected chi connectivity index (χ0v) is 29.6. The fourth-order valence-electron chi connectivity index (χ4n) is 6.03. The Morgan fingerprint density at radius 3 is 1.98 bits per heavy atom. The Morgan fingerprint density at radius 2 is 1.38 bits per heavy atom. The van der Waals surface area contributed by atoms with Crippen molar-refractivity contribution in [3.05, 3.63) is 129 Å². The van der Waals surface area contributed by atoms with Crippen LogP contribution >= 0.6 is 23.2 Å². The van der Waals surface area contributed by atoms with E-state index in [-0.39, 0.29) is 29.8 Å². The predicted octanol–water partition coefficient (Wildman–Crippen LogP) is 7.89. The number of rotatable bonds is 12. The Bertz CT molecular complexity index is 1790. The summed E-state index contributed by atoms with van der Waals surface area (Å²) in [7, 11) is -4.20. The Labute approximate surface area is 293 Å². The van der Waals surface area contributed by atoms with Crippen molar-refractivity contribution >= 4 is 50.7 Å². The molecule has 0 aliphatic heterocycles. The van der Waals surface area contributed by atoms with Gasteiger partial charge in [0.05, 0.1) is 10.6 Å². The molecular weight excluding hydrogens is 665 g/mol. The first-order valence-corrected chi connectivity index (χ1v) is 18.5. The van der Waals surface area contributed by atoms with E-state index in [0.717, 1.165) is 53.1 Å². The minimum absolute atomic E-state index is 0.00338. The van der Waals surface area contributed by atoms with Crippen LogP contribution in [-0.4, -0.2) is 43.8 Å². The maximum Gasteiger partial charge on any atom is 0.264 e. The van der Waals surface area contributed by atoms with Gasteiger partial charge in [0.2, 0.25) is 11.8 Å². The van der Waals surface area contributed by atoms with Gasteiger partial charge in [-0.3, -0.25) is 13.9 Å². The van der Waals surface area contributed by atoms with Crippen LogP contribution in [0.1, 0.15) is 54.4 Å². The molecule has 0 saturated heterocycles. The van der Waals surface area contributed by atoms with E-state index in [1.54, 1.807) is 54.6 Å². The molecule has 1 saturated carbocycles. The van der Waals surface area contributed by atoms with Crippen molar-refractivity contribution in [2.24, 2.45) is 0 Å². The standard InChI is InChI=1S/C38H41Cl2N3O4S/c1-27-16-20-31(21-17-27)43(48(46,47)32-22-18-28(2)19-23-32)26-37(44)42(25-33-34(39)14-9-15-35(33)40)36(24-29-10-5-3-6-11-29)38(45)41-30-12-7-4-8-13-30/h3,5-6,9-11,14-23,30,36H,4,7-8,12-13,24-26H2,1-2H3,(H,41,45)/t36-/m1/s1. The van der Waals surface area contributed by atoms with Crippen molar-refractivity contribution in [2.45, 2.75) is 75.9 Å². The van der Waals surface area contributed by atoms with Crippen LogP contribution in [0.15, 0.2) is 102 Å². The van der Waals surface area contributed by atoms with Crippen LogP contribution in [0.4, 0.5) is 5.69 Å². The number of benzene rings is 4. The van der Waals surface area contributed by atoms with Gasteiger partial charge in [0.1, 0.15) is 12.6 Å². The first-order chi connectivity index (χ1) is 23.0. The third-order valence-corrected chi connectivity index (χ3v) is 11.3. The quantitative estimate of drug-likeness (QED) is 0.162. The summed E-state index contributed by atoms with van der Waals surface area (Å²) in [6, 6.07) is 27.1. The number of sulfonamides is 1. The van der Waals surface area contributed by atoms with E-state index >= 15 is 0 Å². The van der Waals surface area contributed by atoms with E-state index in [1.807, 2.05) is 44.2 Å². The number of nitrogens with one attached hydrogen (secondary N) is 1. The Kier molecular flexibility index (Phi) is 11.8. The highest BCUT2D eigenvalue weighted by Crippen LogP contribution is 2.29. The second-order valence-corrected chi connectivity index (χ2v) is 15.1. The molecule has 1 atom stereocenters. The molecule has 1 aliphatic carbocycles. The third-order valence-electron chi connectivity index (χ3n) is 8.82. The van der Waals surface area contributed by atoms with Gasteiger partial charge < -0.3 is 10.2 Å². The van der Waals surface area contributed by atoms with Crippen LogP contribution in [-0.2, 0) is 32.6 Å².